The Labute approximate surface area is 85.9 Å². The summed E-state index contributed by atoms with van der Waals surface area (Å²) in [7, 11) is 0. The lowest BCUT2D eigenvalue weighted by atomic mass is 9.42. The molecule has 3 aliphatic rings. The molecule has 4 unspecified atom stereocenters. The van der Waals surface area contributed by atoms with Crippen LogP contribution in [0.2, 0.25) is 0 Å². The normalized spacial score (nSPS) is 46.2. The second-order valence-corrected chi connectivity index (χ2v) is 5.69. The maximum atomic E-state index is 10.6. The molecular weight excluding hydrogens is 174 g/mol. The Hall–Kier alpha value is -0.550. The summed E-state index contributed by atoms with van der Waals surface area (Å²) in [4.78, 5) is 0. The van der Waals surface area contributed by atoms with E-state index in [4.69, 9.17) is 5.26 Å². The van der Waals surface area contributed by atoms with Gasteiger partial charge in [-0.1, -0.05) is 13.8 Å². The van der Waals surface area contributed by atoms with E-state index in [1.807, 2.05) is 6.92 Å². The van der Waals surface area contributed by atoms with Crippen LogP contribution in [0.1, 0.15) is 40.0 Å². The van der Waals surface area contributed by atoms with Crippen molar-refractivity contribution in [1.82, 2.24) is 0 Å². The molecule has 0 heterocycles. The highest BCUT2D eigenvalue weighted by atomic mass is 16.3. The minimum atomic E-state index is -0.715. The topological polar surface area (TPSA) is 44.0 Å². The SMILES string of the molecule is CC(C#N)C1(O)CCC2CC1C2(C)C. The van der Waals surface area contributed by atoms with Gasteiger partial charge in [0.2, 0.25) is 0 Å². The first kappa shape index (κ1) is 9.98. The maximum Gasteiger partial charge on any atom is 0.0835 e. The molecule has 2 bridgehead atoms. The first-order valence-corrected chi connectivity index (χ1v) is 5.55. The van der Waals surface area contributed by atoms with Gasteiger partial charge in [-0.15, -0.1) is 0 Å². The zero-order chi connectivity index (χ0) is 10.6. The van der Waals surface area contributed by atoms with Crippen LogP contribution in [0.5, 0.6) is 0 Å². The molecule has 3 fully saturated rings. The molecule has 2 nitrogen and oxygen atoms in total. The smallest absolute Gasteiger partial charge is 0.0835 e. The summed E-state index contributed by atoms with van der Waals surface area (Å²) in [5.41, 5.74) is -0.467. The average Bonchev–Trinajstić information content (AvgIpc) is 2.16. The lowest BCUT2D eigenvalue weighted by Gasteiger charge is -2.64. The molecule has 14 heavy (non-hydrogen) atoms. The van der Waals surface area contributed by atoms with E-state index in [0.717, 1.165) is 25.2 Å². The fraction of sp³-hybridized carbons (Fsp3) is 0.917. The monoisotopic (exact) mass is 193 g/mol. The van der Waals surface area contributed by atoms with E-state index >= 15 is 0 Å². The van der Waals surface area contributed by atoms with Crippen molar-refractivity contribution in [2.45, 2.75) is 45.6 Å². The molecule has 0 aromatic carbocycles. The number of aliphatic hydroxyl groups is 1. The number of hydrogen-bond donors (Lipinski definition) is 1. The van der Waals surface area contributed by atoms with Gasteiger partial charge in [-0.25, -0.2) is 0 Å². The third-order valence-electron chi connectivity index (χ3n) is 4.91. The van der Waals surface area contributed by atoms with Gasteiger partial charge in [-0.3, -0.25) is 0 Å². The van der Waals surface area contributed by atoms with E-state index < -0.39 is 5.60 Å². The van der Waals surface area contributed by atoms with Gasteiger partial charge < -0.3 is 5.11 Å². The highest BCUT2D eigenvalue weighted by Crippen LogP contribution is 2.64. The van der Waals surface area contributed by atoms with Gasteiger partial charge in [0.15, 0.2) is 0 Å². The molecule has 0 radical (unpaired) electrons. The average molecular weight is 193 g/mol. The summed E-state index contributed by atoms with van der Waals surface area (Å²) in [5.74, 6) is 0.884. The molecule has 0 aromatic heterocycles. The summed E-state index contributed by atoms with van der Waals surface area (Å²) >= 11 is 0. The van der Waals surface area contributed by atoms with Crippen LogP contribution in [0.3, 0.4) is 0 Å². The second kappa shape index (κ2) is 2.73. The summed E-state index contributed by atoms with van der Waals surface area (Å²) in [6.07, 6.45) is 3.03. The van der Waals surface area contributed by atoms with E-state index in [1.165, 1.54) is 0 Å². The molecule has 78 valence electrons. The summed E-state index contributed by atoms with van der Waals surface area (Å²) < 4.78 is 0. The van der Waals surface area contributed by atoms with Crippen LogP contribution in [-0.4, -0.2) is 10.7 Å². The van der Waals surface area contributed by atoms with Gasteiger partial charge in [0.05, 0.1) is 17.6 Å². The van der Waals surface area contributed by atoms with Crippen molar-refractivity contribution in [3.05, 3.63) is 0 Å². The Morgan fingerprint density at radius 3 is 2.57 bits per heavy atom. The summed E-state index contributed by atoms with van der Waals surface area (Å²) in [6, 6.07) is 2.22. The molecule has 2 heteroatoms. The molecule has 0 saturated heterocycles. The minimum absolute atomic E-state index is 0.229. The van der Waals surface area contributed by atoms with E-state index in [2.05, 4.69) is 19.9 Å². The van der Waals surface area contributed by atoms with Crippen molar-refractivity contribution in [3.8, 4) is 6.07 Å². The fourth-order valence-corrected chi connectivity index (χ4v) is 3.56. The van der Waals surface area contributed by atoms with Gasteiger partial charge in [0.25, 0.3) is 0 Å². The van der Waals surface area contributed by atoms with Crippen LogP contribution in [0.15, 0.2) is 0 Å². The van der Waals surface area contributed by atoms with Crippen molar-refractivity contribution >= 4 is 0 Å². The molecule has 1 N–H and O–H groups in total. The molecule has 0 amide bonds. The van der Waals surface area contributed by atoms with Crippen molar-refractivity contribution < 1.29 is 5.11 Å². The Morgan fingerprint density at radius 2 is 2.14 bits per heavy atom. The molecule has 4 atom stereocenters. The molecular formula is C12H19NO. The third kappa shape index (κ3) is 0.995. The Morgan fingerprint density at radius 1 is 1.50 bits per heavy atom. The van der Waals surface area contributed by atoms with Crippen LogP contribution >= 0.6 is 0 Å². The zero-order valence-corrected chi connectivity index (χ0v) is 9.25. The van der Waals surface area contributed by atoms with Gasteiger partial charge in [-0.05, 0) is 43.4 Å². The van der Waals surface area contributed by atoms with Gasteiger partial charge in [0, 0.05) is 0 Å². The zero-order valence-electron chi connectivity index (χ0n) is 9.25. The highest BCUT2D eigenvalue weighted by Gasteiger charge is 2.62. The fourth-order valence-electron chi connectivity index (χ4n) is 3.56. The third-order valence-corrected chi connectivity index (χ3v) is 4.91. The maximum absolute atomic E-state index is 10.6. The van der Waals surface area contributed by atoms with Crippen molar-refractivity contribution in [2.75, 3.05) is 0 Å². The second-order valence-electron chi connectivity index (χ2n) is 5.69. The van der Waals surface area contributed by atoms with E-state index in [-0.39, 0.29) is 11.3 Å². The van der Waals surface area contributed by atoms with Crippen molar-refractivity contribution in [3.63, 3.8) is 0 Å². The molecule has 0 aromatic rings. The summed E-state index contributed by atoms with van der Waals surface area (Å²) in [5, 5.41) is 19.5. The van der Waals surface area contributed by atoms with Gasteiger partial charge in [-0.2, -0.15) is 5.26 Å². The van der Waals surface area contributed by atoms with Crippen molar-refractivity contribution in [1.29, 1.82) is 5.26 Å². The number of nitrogens with zero attached hydrogens (tertiary/aromatic N) is 1. The first-order chi connectivity index (χ1) is 6.43. The van der Waals surface area contributed by atoms with E-state index in [1.54, 1.807) is 0 Å². The summed E-state index contributed by atoms with van der Waals surface area (Å²) in [6.45, 7) is 6.33. The molecule has 0 spiro atoms. The van der Waals surface area contributed by atoms with Crippen LogP contribution in [0.4, 0.5) is 0 Å². The van der Waals surface area contributed by atoms with Crippen LogP contribution in [0, 0.1) is 34.5 Å². The first-order valence-electron chi connectivity index (χ1n) is 5.55. The molecule has 3 saturated carbocycles. The molecule has 3 aliphatic carbocycles. The van der Waals surface area contributed by atoms with Gasteiger partial charge in [0.1, 0.15) is 0 Å². The lowest BCUT2D eigenvalue weighted by Crippen LogP contribution is -2.63. The Bertz CT molecular complexity index is 289. The number of fused-ring (bicyclic) bond motifs is 2. The van der Waals surface area contributed by atoms with Gasteiger partial charge >= 0.3 is 0 Å². The number of hydrogen-bond acceptors (Lipinski definition) is 2. The predicted molar refractivity (Wildman–Crippen MR) is 54.3 cm³/mol. The number of nitriles is 1. The van der Waals surface area contributed by atoms with Crippen molar-refractivity contribution in [2.24, 2.45) is 23.2 Å². The van der Waals surface area contributed by atoms with Crippen LogP contribution < -0.4 is 0 Å². The van der Waals surface area contributed by atoms with Crippen LogP contribution in [0.25, 0.3) is 0 Å². The van der Waals surface area contributed by atoms with E-state index in [9.17, 15) is 5.11 Å². The number of rotatable bonds is 1. The lowest BCUT2D eigenvalue weighted by molar-refractivity contribution is -0.214. The van der Waals surface area contributed by atoms with E-state index in [0.29, 0.717) is 5.92 Å². The molecule has 0 aliphatic heterocycles. The predicted octanol–water partition coefficient (Wildman–Crippen LogP) is 2.33. The van der Waals surface area contributed by atoms with Crippen LogP contribution in [-0.2, 0) is 0 Å². The quantitative estimate of drug-likeness (QED) is 0.694. The Kier molecular flexibility index (Phi) is 1.95. The minimum Gasteiger partial charge on any atom is -0.388 e. The highest BCUT2D eigenvalue weighted by molar-refractivity contribution is 5.14. The standard InChI is InChI=1S/C12H19NO/c1-8(7-13)12(14)5-4-9-6-10(12)11(9,2)3/h8-10,14H,4-6H2,1-3H3. The molecule has 3 rings (SSSR count). The Balaban J connectivity index is 2.26. The largest absolute Gasteiger partial charge is 0.388 e.